The lowest BCUT2D eigenvalue weighted by Gasteiger charge is -2.29. The fraction of sp³-hybridized carbons (Fsp3) is 0.938. The molecule has 1 aliphatic rings. The summed E-state index contributed by atoms with van der Waals surface area (Å²) >= 11 is 0. The Balaban J connectivity index is 2.26. The number of carbonyl (C=O) groups is 1. The number of hydrogen-bond acceptors (Lipinski definition) is 2. The van der Waals surface area contributed by atoms with E-state index >= 15 is 0 Å². The van der Waals surface area contributed by atoms with Gasteiger partial charge in [-0.05, 0) is 50.5 Å². The Morgan fingerprint density at radius 3 is 2.47 bits per heavy atom. The first-order chi connectivity index (χ1) is 8.94. The summed E-state index contributed by atoms with van der Waals surface area (Å²) in [5, 5.41) is 3.19. The predicted molar refractivity (Wildman–Crippen MR) is 80.9 cm³/mol. The van der Waals surface area contributed by atoms with Crippen LogP contribution in [0.25, 0.3) is 0 Å². The summed E-state index contributed by atoms with van der Waals surface area (Å²) in [6.45, 7) is 7.25. The van der Waals surface area contributed by atoms with Gasteiger partial charge in [-0.3, -0.25) is 4.79 Å². The fourth-order valence-electron chi connectivity index (χ4n) is 3.05. The highest BCUT2D eigenvalue weighted by Gasteiger charge is 2.23. The monoisotopic (exact) mass is 268 g/mol. The molecule has 0 aromatic rings. The van der Waals surface area contributed by atoms with Crippen LogP contribution in [0.15, 0.2) is 0 Å². The maximum absolute atomic E-state index is 12.0. The second-order valence-electron chi connectivity index (χ2n) is 6.96. The highest BCUT2D eigenvalue weighted by Crippen LogP contribution is 2.27. The van der Waals surface area contributed by atoms with Gasteiger partial charge in [0.1, 0.15) is 0 Å². The second-order valence-corrected chi connectivity index (χ2v) is 6.96. The van der Waals surface area contributed by atoms with Crippen molar-refractivity contribution in [2.75, 3.05) is 6.54 Å². The first-order valence-electron chi connectivity index (χ1n) is 7.94. The number of rotatable bonds is 7. The second kappa shape index (κ2) is 7.88. The lowest BCUT2D eigenvalue weighted by molar-refractivity contribution is -0.122. The third kappa shape index (κ3) is 6.42. The van der Waals surface area contributed by atoms with E-state index in [0.717, 1.165) is 12.8 Å². The Hall–Kier alpha value is -0.570. The molecular weight excluding hydrogens is 236 g/mol. The van der Waals surface area contributed by atoms with Crippen molar-refractivity contribution in [3.8, 4) is 0 Å². The molecule has 1 unspecified atom stereocenters. The van der Waals surface area contributed by atoms with Crippen LogP contribution in [-0.4, -0.2) is 18.5 Å². The van der Waals surface area contributed by atoms with E-state index in [1.54, 1.807) is 0 Å². The first kappa shape index (κ1) is 16.5. The minimum absolute atomic E-state index is 0.181. The normalized spacial score (nSPS) is 19.2. The summed E-state index contributed by atoms with van der Waals surface area (Å²) in [5.74, 6) is 0.901. The Labute approximate surface area is 118 Å². The van der Waals surface area contributed by atoms with E-state index in [4.69, 9.17) is 5.73 Å². The predicted octanol–water partition coefficient (Wildman–Crippen LogP) is 3.23. The molecule has 0 aliphatic heterocycles. The molecule has 1 saturated carbocycles. The highest BCUT2D eigenvalue weighted by atomic mass is 16.1. The van der Waals surface area contributed by atoms with Gasteiger partial charge in [0.05, 0.1) is 0 Å². The van der Waals surface area contributed by atoms with Crippen molar-refractivity contribution in [2.24, 2.45) is 17.1 Å². The van der Waals surface area contributed by atoms with E-state index in [2.05, 4.69) is 26.1 Å². The maximum Gasteiger partial charge on any atom is 0.220 e. The summed E-state index contributed by atoms with van der Waals surface area (Å²) in [4.78, 5) is 12.0. The van der Waals surface area contributed by atoms with Crippen LogP contribution < -0.4 is 11.1 Å². The van der Waals surface area contributed by atoms with Gasteiger partial charge in [-0.25, -0.2) is 0 Å². The van der Waals surface area contributed by atoms with Gasteiger partial charge >= 0.3 is 0 Å². The van der Waals surface area contributed by atoms with Gasteiger partial charge in [-0.1, -0.05) is 33.1 Å². The maximum atomic E-state index is 12.0. The van der Waals surface area contributed by atoms with E-state index in [9.17, 15) is 4.79 Å². The molecule has 0 spiro atoms. The van der Waals surface area contributed by atoms with Crippen LogP contribution in [0.1, 0.15) is 72.1 Å². The van der Waals surface area contributed by atoms with Gasteiger partial charge < -0.3 is 11.1 Å². The van der Waals surface area contributed by atoms with E-state index in [-0.39, 0.29) is 11.3 Å². The Kier molecular flexibility index (Phi) is 6.84. The fourth-order valence-corrected chi connectivity index (χ4v) is 3.05. The number of nitrogens with one attached hydrogen (secondary N) is 1. The summed E-state index contributed by atoms with van der Waals surface area (Å²) in [5.41, 5.74) is 5.78. The van der Waals surface area contributed by atoms with Crippen LogP contribution >= 0.6 is 0 Å². The van der Waals surface area contributed by atoms with Crippen LogP contribution in [0.3, 0.4) is 0 Å². The lowest BCUT2D eigenvalue weighted by atomic mass is 9.83. The minimum atomic E-state index is 0.181. The van der Waals surface area contributed by atoms with Crippen molar-refractivity contribution in [3.05, 3.63) is 0 Å². The van der Waals surface area contributed by atoms with Crippen LogP contribution in [0, 0.1) is 11.3 Å². The van der Waals surface area contributed by atoms with Gasteiger partial charge in [-0.2, -0.15) is 0 Å². The average molecular weight is 268 g/mol. The zero-order valence-corrected chi connectivity index (χ0v) is 13.0. The summed E-state index contributed by atoms with van der Waals surface area (Å²) in [7, 11) is 0. The van der Waals surface area contributed by atoms with Gasteiger partial charge in [0.25, 0.3) is 0 Å². The molecule has 3 heteroatoms. The molecule has 1 fully saturated rings. The molecule has 1 atom stereocenters. The molecule has 0 saturated heterocycles. The van der Waals surface area contributed by atoms with Crippen molar-refractivity contribution in [2.45, 2.75) is 78.2 Å². The van der Waals surface area contributed by atoms with Crippen molar-refractivity contribution in [1.29, 1.82) is 0 Å². The van der Waals surface area contributed by atoms with Crippen LogP contribution in [0.5, 0.6) is 0 Å². The van der Waals surface area contributed by atoms with Gasteiger partial charge in [-0.15, -0.1) is 0 Å². The van der Waals surface area contributed by atoms with Crippen LogP contribution in [0.4, 0.5) is 0 Å². The zero-order valence-electron chi connectivity index (χ0n) is 13.0. The summed E-state index contributed by atoms with van der Waals surface area (Å²) in [6.07, 6.45) is 9.11. The molecule has 0 heterocycles. The largest absolute Gasteiger partial charge is 0.353 e. The quantitative estimate of drug-likeness (QED) is 0.745. The standard InChI is InChI=1S/C16H32N2O/c1-13(14-7-5-4-6-8-14)18-15(19)9-10-16(2,3)11-12-17/h13-14H,4-12,17H2,1-3H3,(H,18,19). The molecule has 19 heavy (non-hydrogen) atoms. The van der Waals surface area contributed by atoms with Crippen LogP contribution in [-0.2, 0) is 4.79 Å². The smallest absolute Gasteiger partial charge is 0.220 e. The molecule has 112 valence electrons. The molecule has 0 radical (unpaired) electrons. The third-order valence-corrected chi connectivity index (χ3v) is 4.60. The lowest BCUT2D eigenvalue weighted by Crippen LogP contribution is -2.39. The zero-order chi connectivity index (χ0) is 14.3. The van der Waals surface area contributed by atoms with Crippen LogP contribution in [0.2, 0.25) is 0 Å². The van der Waals surface area contributed by atoms with E-state index < -0.39 is 0 Å². The molecule has 1 amide bonds. The van der Waals surface area contributed by atoms with Crippen molar-refractivity contribution < 1.29 is 4.79 Å². The topological polar surface area (TPSA) is 55.1 Å². The van der Waals surface area contributed by atoms with E-state index in [1.807, 2.05) is 0 Å². The molecule has 3 nitrogen and oxygen atoms in total. The SMILES string of the molecule is CC(NC(=O)CCC(C)(C)CCN)C1CCCCC1. The van der Waals surface area contributed by atoms with Gasteiger partial charge in [0, 0.05) is 12.5 Å². The highest BCUT2D eigenvalue weighted by molar-refractivity contribution is 5.76. The molecule has 0 aromatic carbocycles. The Bertz CT molecular complexity index is 270. The average Bonchev–Trinajstić information content (AvgIpc) is 2.37. The summed E-state index contributed by atoms with van der Waals surface area (Å²) < 4.78 is 0. The Morgan fingerprint density at radius 2 is 1.89 bits per heavy atom. The van der Waals surface area contributed by atoms with Crippen molar-refractivity contribution >= 4 is 5.91 Å². The van der Waals surface area contributed by atoms with Crippen molar-refractivity contribution in [3.63, 3.8) is 0 Å². The van der Waals surface area contributed by atoms with E-state index in [0.29, 0.717) is 24.9 Å². The molecular formula is C16H32N2O. The minimum Gasteiger partial charge on any atom is -0.353 e. The number of amides is 1. The number of hydrogen-bond donors (Lipinski definition) is 2. The molecule has 0 aromatic heterocycles. The number of nitrogens with two attached hydrogens (primary N) is 1. The van der Waals surface area contributed by atoms with Gasteiger partial charge in [0.2, 0.25) is 5.91 Å². The molecule has 1 rings (SSSR count). The van der Waals surface area contributed by atoms with E-state index in [1.165, 1.54) is 32.1 Å². The number of carbonyl (C=O) groups excluding carboxylic acids is 1. The molecule has 0 bridgehead atoms. The third-order valence-electron chi connectivity index (χ3n) is 4.60. The molecule has 1 aliphatic carbocycles. The van der Waals surface area contributed by atoms with Gasteiger partial charge in [0.15, 0.2) is 0 Å². The van der Waals surface area contributed by atoms with Crippen molar-refractivity contribution in [1.82, 2.24) is 5.32 Å². The Morgan fingerprint density at radius 1 is 1.26 bits per heavy atom. The molecule has 3 N–H and O–H groups in total. The first-order valence-corrected chi connectivity index (χ1v) is 7.94. The summed E-state index contributed by atoms with van der Waals surface area (Å²) in [6, 6.07) is 0.338.